The van der Waals surface area contributed by atoms with Crippen LogP contribution in [0.1, 0.15) is 36.0 Å². The number of benzene rings is 1. The summed E-state index contributed by atoms with van der Waals surface area (Å²) >= 11 is 0. The molecule has 6 nitrogen and oxygen atoms in total. The quantitative estimate of drug-likeness (QED) is 0.436. The molecule has 0 saturated heterocycles. The molecule has 1 aliphatic carbocycles. The van der Waals surface area contributed by atoms with E-state index in [2.05, 4.69) is 0 Å². The van der Waals surface area contributed by atoms with Crippen molar-refractivity contribution in [2.24, 2.45) is 5.41 Å². The molecule has 0 aromatic heterocycles. The first-order chi connectivity index (χ1) is 10.4. The minimum Gasteiger partial charge on any atom is -0.508 e. The van der Waals surface area contributed by atoms with E-state index in [1.54, 1.807) is 6.08 Å². The Bertz CT molecular complexity index is 661. The standard InChI is InChI=1S/C16H16O6/c17-9-10-2-1-5-16(7-10,15(21)22)8-14(20)12-6-11(18)3-4-13(12)19/h2-4,6,9,18-19H,1,5,7-8H2,(H,21,22)/t16-/m0/s1. The van der Waals surface area contributed by atoms with Crippen molar-refractivity contribution in [1.82, 2.24) is 0 Å². The molecule has 0 radical (unpaired) electrons. The van der Waals surface area contributed by atoms with E-state index in [0.29, 0.717) is 18.3 Å². The fourth-order valence-electron chi connectivity index (χ4n) is 2.73. The zero-order valence-electron chi connectivity index (χ0n) is 11.8. The third kappa shape index (κ3) is 3.00. The van der Waals surface area contributed by atoms with Gasteiger partial charge in [0.15, 0.2) is 5.78 Å². The van der Waals surface area contributed by atoms with Crippen LogP contribution in [0.25, 0.3) is 0 Å². The van der Waals surface area contributed by atoms with Gasteiger partial charge in [-0.1, -0.05) is 6.08 Å². The molecule has 22 heavy (non-hydrogen) atoms. The molecule has 1 aliphatic rings. The molecule has 1 aromatic carbocycles. The van der Waals surface area contributed by atoms with Crippen LogP contribution in [0.5, 0.6) is 11.5 Å². The highest BCUT2D eigenvalue weighted by Crippen LogP contribution is 2.41. The van der Waals surface area contributed by atoms with Crippen molar-refractivity contribution < 1.29 is 29.7 Å². The number of Topliss-reactive ketones (excluding diaryl/α,β-unsaturated/α-hetero) is 1. The summed E-state index contributed by atoms with van der Waals surface area (Å²) in [5.74, 6) is -2.23. The fraction of sp³-hybridized carbons (Fsp3) is 0.312. The van der Waals surface area contributed by atoms with Gasteiger partial charge < -0.3 is 15.3 Å². The van der Waals surface area contributed by atoms with Crippen molar-refractivity contribution in [3.8, 4) is 11.5 Å². The van der Waals surface area contributed by atoms with Gasteiger partial charge in [-0.05, 0) is 43.0 Å². The van der Waals surface area contributed by atoms with E-state index in [0.717, 1.165) is 6.07 Å². The van der Waals surface area contributed by atoms with Crippen molar-refractivity contribution in [2.45, 2.75) is 25.7 Å². The van der Waals surface area contributed by atoms with Crippen LogP contribution in [0.4, 0.5) is 0 Å². The van der Waals surface area contributed by atoms with E-state index < -0.39 is 17.2 Å². The number of carboxylic acid groups (broad SMARTS) is 1. The molecule has 2 rings (SSSR count). The number of aliphatic carboxylic acids is 1. The van der Waals surface area contributed by atoms with Crippen molar-refractivity contribution in [3.63, 3.8) is 0 Å². The molecule has 116 valence electrons. The van der Waals surface area contributed by atoms with Gasteiger partial charge in [0.25, 0.3) is 0 Å². The van der Waals surface area contributed by atoms with Gasteiger partial charge in [-0.25, -0.2) is 0 Å². The maximum absolute atomic E-state index is 12.3. The first-order valence-electron chi connectivity index (χ1n) is 6.81. The molecule has 0 saturated carbocycles. The van der Waals surface area contributed by atoms with E-state index >= 15 is 0 Å². The molecule has 0 heterocycles. The molecule has 0 fully saturated rings. The average molecular weight is 304 g/mol. The van der Waals surface area contributed by atoms with E-state index in [9.17, 15) is 29.7 Å². The second-order valence-electron chi connectivity index (χ2n) is 5.50. The number of hydrogen-bond donors (Lipinski definition) is 3. The van der Waals surface area contributed by atoms with Crippen LogP contribution >= 0.6 is 0 Å². The lowest BCUT2D eigenvalue weighted by Gasteiger charge is -2.31. The van der Waals surface area contributed by atoms with Crippen LogP contribution in [0.3, 0.4) is 0 Å². The van der Waals surface area contributed by atoms with Crippen LogP contribution in [-0.4, -0.2) is 33.4 Å². The summed E-state index contributed by atoms with van der Waals surface area (Å²) in [7, 11) is 0. The molecular weight excluding hydrogens is 288 g/mol. The number of phenolic OH excluding ortho intramolecular Hbond substituents is 2. The van der Waals surface area contributed by atoms with Crippen LogP contribution in [0.15, 0.2) is 29.8 Å². The van der Waals surface area contributed by atoms with Gasteiger partial charge in [0, 0.05) is 6.42 Å². The largest absolute Gasteiger partial charge is 0.508 e. The van der Waals surface area contributed by atoms with E-state index in [1.165, 1.54) is 12.1 Å². The Hall–Kier alpha value is -2.63. The number of ketones is 1. The van der Waals surface area contributed by atoms with Crippen molar-refractivity contribution >= 4 is 18.0 Å². The second-order valence-corrected chi connectivity index (χ2v) is 5.50. The van der Waals surface area contributed by atoms with Crippen molar-refractivity contribution in [2.75, 3.05) is 0 Å². The minimum atomic E-state index is -1.36. The highest BCUT2D eigenvalue weighted by molar-refractivity contribution is 6.01. The van der Waals surface area contributed by atoms with E-state index in [1.807, 2.05) is 0 Å². The number of rotatable bonds is 5. The predicted octanol–water partition coefficient (Wildman–Crippen LogP) is 2.05. The Morgan fingerprint density at radius 2 is 2.00 bits per heavy atom. The number of carboxylic acids is 1. The first kappa shape index (κ1) is 15.8. The third-order valence-corrected chi connectivity index (χ3v) is 3.96. The van der Waals surface area contributed by atoms with Gasteiger partial charge in [0.1, 0.15) is 17.8 Å². The molecule has 0 aliphatic heterocycles. The Morgan fingerprint density at radius 1 is 1.27 bits per heavy atom. The number of aldehydes is 1. The average Bonchev–Trinajstić information content (AvgIpc) is 2.49. The van der Waals surface area contributed by atoms with Gasteiger partial charge in [0.2, 0.25) is 0 Å². The van der Waals surface area contributed by atoms with Crippen molar-refractivity contribution in [1.29, 1.82) is 0 Å². The minimum absolute atomic E-state index is 0.0167. The van der Waals surface area contributed by atoms with Gasteiger partial charge in [-0.2, -0.15) is 0 Å². The maximum atomic E-state index is 12.3. The zero-order valence-corrected chi connectivity index (χ0v) is 11.8. The molecule has 3 N–H and O–H groups in total. The zero-order chi connectivity index (χ0) is 16.3. The van der Waals surface area contributed by atoms with Crippen LogP contribution in [0, 0.1) is 5.41 Å². The van der Waals surface area contributed by atoms with Gasteiger partial charge in [0.05, 0.1) is 11.0 Å². The Labute approximate surface area is 126 Å². The summed E-state index contributed by atoms with van der Waals surface area (Å²) in [6, 6.07) is 3.51. The van der Waals surface area contributed by atoms with E-state index in [4.69, 9.17) is 0 Å². The SMILES string of the molecule is O=CC1=CCC[C@](CC(=O)c2cc(O)ccc2O)(C(=O)O)C1. The predicted molar refractivity (Wildman–Crippen MR) is 76.8 cm³/mol. The summed E-state index contributed by atoms with van der Waals surface area (Å²) in [6.07, 6.45) is 2.56. The summed E-state index contributed by atoms with van der Waals surface area (Å²) in [5, 5.41) is 28.6. The normalized spacial score (nSPS) is 21.0. The summed E-state index contributed by atoms with van der Waals surface area (Å²) < 4.78 is 0. The first-order valence-corrected chi connectivity index (χ1v) is 6.81. The van der Waals surface area contributed by atoms with Crippen LogP contribution in [0.2, 0.25) is 0 Å². The number of carbonyl (C=O) groups is 3. The van der Waals surface area contributed by atoms with Gasteiger partial charge in [-0.15, -0.1) is 0 Å². The van der Waals surface area contributed by atoms with Gasteiger partial charge >= 0.3 is 5.97 Å². The Morgan fingerprint density at radius 3 is 2.64 bits per heavy atom. The Kier molecular flexibility index (Phi) is 4.30. The molecule has 0 spiro atoms. The Balaban J connectivity index is 2.31. The summed E-state index contributed by atoms with van der Waals surface area (Å²) in [5.41, 5.74) is -1.12. The highest BCUT2D eigenvalue weighted by Gasteiger charge is 2.42. The lowest BCUT2D eigenvalue weighted by molar-refractivity contribution is -0.149. The number of aromatic hydroxyl groups is 2. The molecule has 0 bridgehead atoms. The second kappa shape index (κ2) is 6.01. The van der Waals surface area contributed by atoms with Crippen LogP contribution < -0.4 is 0 Å². The maximum Gasteiger partial charge on any atom is 0.310 e. The lowest BCUT2D eigenvalue weighted by Crippen LogP contribution is -2.36. The molecule has 6 heteroatoms. The fourth-order valence-corrected chi connectivity index (χ4v) is 2.73. The number of allylic oxidation sites excluding steroid dienone is 2. The summed E-state index contributed by atoms with van der Waals surface area (Å²) in [4.78, 5) is 34.9. The highest BCUT2D eigenvalue weighted by atomic mass is 16.4. The summed E-state index contributed by atoms with van der Waals surface area (Å²) in [6.45, 7) is 0. The molecule has 1 aromatic rings. The van der Waals surface area contributed by atoms with Gasteiger partial charge in [-0.3, -0.25) is 14.4 Å². The van der Waals surface area contributed by atoms with Crippen molar-refractivity contribution in [3.05, 3.63) is 35.4 Å². The van der Waals surface area contributed by atoms with E-state index in [-0.39, 0.29) is 36.3 Å². The number of hydrogen-bond acceptors (Lipinski definition) is 5. The molecular formula is C16H16O6. The number of carbonyl (C=O) groups excluding carboxylic acids is 2. The monoisotopic (exact) mass is 304 g/mol. The third-order valence-electron chi connectivity index (χ3n) is 3.96. The molecule has 1 atom stereocenters. The number of phenols is 2. The smallest absolute Gasteiger partial charge is 0.310 e. The topological polar surface area (TPSA) is 112 Å². The molecule has 0 unspecified atom stereocenters. The molecule has 0 amide bonds. The van der Waals surface area contributed by atoms with Crippen LogP contribution in [-0.2, 0) is 9.59 Å². The lowest BCUT2D eigenvalue weighted by atomic mass is 9.70.